The first-order valence-corrected chi connectivity index (χ1v) is 14.0. The van der Waals surface area contributed by atoms with Gasteiger partial charge >= 0.3 is 12.2 Å². The van der Waals surface area contributed by atoms with Crippen LogP contribution < -0.4 is 16.0 Å². The molecule has 1 aromatic carbocycles. The molecule has 232 valence electrons. The fourth-order valence-electron chi connectivity index (χ4n) is 5.56. The molecule has 2 aliphatic rings. The molecule has 0 aliphatic carbocycles. The minimum atomic E-state index is -4.63. The van der Waals surface area contributed by atoms with E-state index in [1.54, 1.807) is 28.0 Å². The van der Waals surface area contributed by atoms with E-state index in [-0.39, 0.29) is 29.2 Å². The number of β-amino-alcohol motifs (C(OH)–C–C–N with tert-alkyl or cyclic N) is 1. The quantitative estimate of drug-likeness (QED) is 0.268. The average Bonchev–Trinajstić information content (AvgIpc) is 3.71. The third-order valence-corrected chi connectivity index (χ3v) is 7.87. The molecule has 0 bridgehead atoms. The zero-order valence-corrected chi connectivity index (χ0v) is 24.0. The molecule has 0 saturated carbocycles. The molecular formula is C28H31F3N10O3. The molecule has 44 heavy (non-hydrogen) atoms. The number of hydrogen-bond donors (Lipinski definition) is 4. The van der Waals surface area contributed by atoms with E-state index in [4.69, 9.17) is 0 Å². The van der Waals surface area contributed by atoms with Crippen molar-refractivity contribution in [3.05, 3.63) is 59.8 Å². The molecule has 0 unspecified atom stereocenters. The van der Waals surface area contributed by atoms with Gasteiger partial charge in [-0.05, 0) is 30.7 Å². The number of aliphatic hydroxyl groups excluding tert-OH is 1. The fourth-order valence-corrected chi connectivity index (χ4v) is 5.56. The van der Waals surface area contributed by atoms with Crippen molar-refractivity contribution in [1.29, 1.82) is 0 Å². The smallest absolute Gasteiger partial charge is 0.390 e. The Morgan fingerprint density at radius 2 is 1.84 bits per heavy atom. The molecule has 0 spiro atoms. The van der Waals surface area contributed by atoms with Gasteiger partial charge in [0.1, 0.15) is 0 Å². The van der Waals surface area contributed by atoms with E-state index >= 15 is 0 Å². The molecule has 2 fully saturated rings. The molecule has 3 amide bonds. The number of hydrogen-bond acceptors (Lipinski definition) is 8. The van der Waals surface area contributed by atoms with Crippen LogP contribution in [0.15, 0.2) is 43.0 Å². The van der Waals surface area contributed by atoms with Crippen LogP contribution in [0.1, 0.15) is 21.6 Å². The Morgan fingerprint density at radius 1 is 1.09 bits per heavy atom. The van der Waals surface area contributed by atoms with Crippen LogP contribution in [0.4, 0.5) is 29.5 Å². The number of rotatable bonds is 5. The maximum absolute atomic E-state index is 13.6. The Balaban J connectivity index is 1.13. The molecule has 4 aromatic rings. The number of carbonyl (C=O) groups excluding carboxylic acids is 2. The highest BCUT2D eigenvalue weighted by Crippen LogP contribution is 2.36. The molecular weight excluding hydrogens is 581 g/mol. The van der Waals surface area contributed by atoms with Gasteiger partial charge in [-0.1, -0.05) is 0 Å². The number of carbonyl (C=O) groups is 2. The first kappa shape index (κ1) is 29.4. The predicted octanol–water partition coefficient (Wildman–Crippen LogP) is 2.00. The van der Waals surface area contributed by atoms with Crippen LogP contribution in [-0.4, -0.2) is 102 Å². The topological polar surface area (TPSA) is 145 Å². The van der Waals surface area contributed by atoms with Crippen LogP contribution in [-0.2, 0) is 13.2 Å². The van der Waals surface area contributed by atoms with E-state index < -0.39 is 18.0 Å². The number of aryl methyl sites for hydroxylation is 2. The Labute approximate surface area is 249 Å². The molecule has 5 heterocycles. The number of urea groups is 1. The number of anilines is 2. The summed E-state index contributed by atoms with van der Waals surface area (Å²) in [5, 5.41) is 22.6. The Bertz CT molecular complexity index is 1710. The molecule has 0 radical (unpaired) electrons. The van der Waals surface area contributed by atoms with E-state index in [2.05, 4.69) is 31.0 Å². The molecule has 3 aromatic heterocycles. The Hall–Kier alpha value is -4.70. The summed E-state index contributed by atoms with van der Waals surface area (Å²) in [6.45, 7) is 4.26. The highest BCUT2D eigenvalue weighted by Gasteiger charge is 2.38. The highest BCUT2D eigenvalue weighted by atomic mass is 19.4. The summed E-state index contributed by atoms with van der Waals surface area (Å²) in [6.07, 6.45) is 0.378. The number of aliphatic hydroxyl groups is 1. The number of nitrogens with one attached hydrogen (secondary N) is 3. The van der Waals surface area contributed by atoms with E-state index in [9.17, 15) is 27.9 Å². The number of amides is 3. The molecule has 4 N–H and O–H groups in total. The van der Waals surface area contributed by atoms with Crippen LogP contribution in [0.5, 0.6) is 0 Å². The lowest BCUT2D eigenvalue weighted by atomic mass is 10.1. The third-order valence-electron chi connectivity index (χ3n) is 7.87. The van der Waals surface area contributed by atoms with Crippen molar-refractivity contribution in [2.45, 2.75) is 25.2 Å². The second kappa shape index (κ2) is 11.4. The summed E-state index contributed by atoms with van der Waals surface area (Å²) in [4.78, 5) is 37.9. The minimum Gasteiger partial charge on any atom is -0.390 e. The van der Waals surface area contributed by atoms with Gasteiger partial charge in [-0.25, -0.2) is 14.8 Å². The van der Waals surface area contributed by atoms with E-state index in [1.807, 2.05) is 6.92 Å². The first-order valence-electron chi connectivity index (χ1n) is 14.0. The summed E-state index contributed by atoms with van der Waals surface area (Å²) in [7, 11) is 1.42. The second-order valence-corrected chi connectivity index (χ2v) is 10.9. The summed E-state index contributed by atoms with van der Waals surface area (Å²) in [5.74, 6) is 0.171. The summed E-state index contributed by atoms with van der Waals surface area (Å²) >= 11 is 0. The SMILES string of the molecule is Cc1cc(Nc2nccn3c(-c4cn(C)nc4C(F)(F)F)cnc23)ccc1C(=O)N1CCN(C(=O)N[C@@H]2CNC[C@H]2O)CC1. The van der Waals surface area contributed by atoms with Crippen molar-refractivity contribution in [1.82, 2.24) is 44.6 Å². The van der Waals surface area contributed by atoms with Gasteiger partial charge < -0.3 is 30.9 Å². The maximum Gasteiger partial charge on any atom is 0.435 e. The molecule has 2 saturated heterocycles. The van der Waals surface area contributed by atoms with Gasteiger partial charge in [0.05, 0.1) is 29.6 Å². The number of nitrogens with zero attached hydrogens (tertiary/aromatic N) is 7. The molecule has 2 atom stereocenters. The number of benzene rings is 1. The first-order chi connectivity index (χ1) is 21.0. The number of aromatic nitrogens is 5. The van der Waals surface area contributed by atoms with Gasteiger partial charge in [0, 0.05) is 76.2 Å². The van der Waals surface area contributed by atoms with Crippen molar-refractivity contribution in [3.8, 4) is 11.3 Å². The lowest BCUT2D eigenvalue weighted by Crippen LogP contribution is -2.56. The van der Waals surface area contributed by atoms with Gasteiger partial charge in [0.25, 0.3) is 5.91 Å². The van der Waals surface area contributed by atoms with Gasteiger partial charge in [-0.15, -0.1) is 0 Å². The van der Waals surface area contributed by atoms with Crippen molar-refractivity contribution in [2.24, 2.45) is 7.05 Å². The molecule has 16 heteroatoms. The van der Waals surface area contributed by atoms with Crippen molar-refractivity contribution >= 4 is 29.1 Å². The number of fused-ring (bicyclic) bond motifs is 1. The monoisotopic (exact) mass is 612 g/mol. The van der Waals surface area contributed by atoms with Gasteiger partial charge in [-0.2, -0.15) is 18.3 Å². The van der Waals surface area contributed by atoms with Crippen LogP contribution in [0.2, 0.25) is 0 Å². The zero-order valence-electron chi connectivity index (χ0n) is 24.0. The lowest BCUT2D eigenvalue weighted by molar-refractivity contribution is -0.141. The number of halogens is 3. The van der Waals surface area contributed by atoms with Crippen LogP contribution in [0.25, 0.3) is 16.9 Å². The predicted molar refractivity (Wildman–Crippen MR) is 153 cm³/mol. The lowest BCUT2D eigenvalue weighted by Gasteiger charge is -2.35. The number of alkyl halides is 3. The third kappa shape index (κ3) is 5.65. The maximum atomic E-state index is 13.6. The van der Waals surface area contributed by atoms with Gasteiger partial charge in [-0.3, -0.25) is 13.9 Å². The van der Waals surface area contributed by atoms with Gasteiger partial charge in [0.2, 0.25) is 0 Å². The van der Waals surface area contributed by atoms with Crippen LogP contribution in [0, 0.1) is 6.92 Å². The molecule has 13 nitrogen and oxygen atoms in total. The molecule has 6 rings (SSSR count). The van der Waals surface area contributed by atoms with Crippen molar-refractivity contribution in [3.63, 3.8) is 0 Å². The van der Waals surface area contributed by atoms with Crippen molar-refractivity contribution < 1.29 is 27.9 Å². The average molecular weight is 613 g/mol. The van der Waals surface area contributed by atoms with E-state index in [0.717, 1.165) is 4.68 Å². The Kier molecular flexibility index (Phi) is 7.63. The summed E-state index contributed by atoms with van der Waals surface area (Å²) in [5.41, 5.74) is 1.27. The zero-order chi connectivity index (χ0) is 31.2. The number of piperazine rings is 1. The fraction of sp³-hybridized carbons (Fsp3) is 0.393. The largest absolute Gasteiger partial charge is 0.435 e. The Morgan fingerprint density at radius 3 is 2.52 bits per heavy atom. The minimum absolute atomic E-state index is 0.102. The second-order valence-electron chi connectivity index (χ2n) is 10.9. The normalized spacial score (nSPS) is 19.0. The number of imidazole rings is 1. The van der Waals surface area contributed by atoms with E-state index in [0.29, 0.717) is 67.5 Å². The summed E-state index contributed by atoms with van der Waals surface area (Å²) < 4.78 is 43.5. The van der Waals surface area contributed by atoms with Crippen LogP contribution in [0.3, 0.4) is 0 Å². The van der Waals surface area contributed by atoms with Crippen LogP contribution >= 0.6 is 0 Å². The summed E-state index contributed by atoms with van der Waals surface area (Å²) in [6, 6.07) is 4.62. The van der Waals surface area contributed by atoms with Crippen molar-refractivity contribution in [2.75, 3.05) is 44.6 Å². The van der Waals surface area contributed by atoms with Gasteiger partial charge in [0.15, 0.2) is 17.2 Å². The standard InChI is InChI=1S/C28H31F3N10O3/c1-16-11-17(3-4-18(16)26(43)39-7-9-40(10-8-39)27(44)36-20-12-32-14-22(20)42)35-24-25-34-13-21(41(25)6-5-33-24)19-15-38(2)37-23(19)28(29,30)31/h3-6,11,13,15,20,22,32,42H,7-10,12,14H2,1-2H3,(H,33,35)(H,36,44)/t20-,22-/m1/s1. The highest BCUT2D eigenvalue weighted by molar-refractivity contribution is 5.96. The molecule has 2 aliphatic heterocycles. The van der Waals surface area contributed by atoms with E-state index in [1.165, 1.54) is 36.2 Å².